The zero-order valence-corrected chi connectivity index (χ0v) is 43.1. The molecule has 2 N–H and O–H groups in total. The summed E-state index contributed by atoms with van der Waals surface area (Å²) in [6.07, 6.45) is 6.66. The van der Waals surface area contributed by atoms with Gasteiger partial charge < -0.3 is 33.9 Å². The SMILES string of the molecule is CCCCN(/C=N\c1ncnc2c1ncn2[C@@H]1O[C@H](CO[Si](C)(C)C(C)(C)C)[C@@H](NC(=O)[C@H](C)NC(=O)OCC2c3ccccc3-c3ccccc32)[C@H]1O[Si](C)(C)C(C)(C)C)CCCC. The van der Waals surface area contributed by atoms with Gasteiger partial charge in [0.2, 0.25) is 5.91 Å². The summed E-state index contributed by atoms with van der Waals surface area (Å²) in [7, 11) is -4.82. The molecule has 6 rings (SSSR count). The fraction of sp³-hybridized carbons (Fsp3) is 0.592. The van der Waals surface area contributed by atoms with Gasteiger partial charge in [0.15, 0.2) is 39.8 Å². The third kappa shape index (κ3) is 11.4. The van der Waals surface area contributed by atoms with Gasteiger partial charge in [0.05, 0.1) is 25.3 Å². The number of carbonyl (C=O) groups is 2. The molecule has 2 aliphatic rings. The lowest BCUT2D eigenvalue weighted by molar-refractivity contribution is -0.124. The summed E-state index contributed by atoms with van der Waals surface area (Å²) in [5.41, 5.74) is 5.57. The van der Waals surface area contributed by atoms with Gasteiger partial charge >= 0.3 is 6.09 Å². The Kier molecular flexibility index (Phi) is 15.8. The van der Waals surface area contributed by atoms with Gasteiger partial charge in [0.25, 0.3) is 0 Å². The number of ether oxygens (including phenoxy) is 2. The van der Waals surface area contributed by atoms with Crippen LogP contribution in [0.4, 0.5) is 10.6 Å². The third-order valence-electron chi connectivity index (χ3n) is 13.9. The number of hydrogen-bond acceptors (Lipinski definition) is 10. The molecule has 3 heterocycles. The number of fused-ring (bicyclic) bond motifs is 4. The van der Waals surface area contributed by atoms with Gasteiger partial charge in [-0.05, 0) is 78.3 Å². The molecular weight excluding hydrogens is 853 g/mol. The second-order valence-corrected chi connectivity index (χ2v) is 30.3. The van der Waals surface area contributed by atoms with Gasteiger partial charge in [0.1, 0.15) is 31.2 Å². The molecule has 2 amide bonds. The zero-order chi connectivity index (χ0) is 47.3. The van der Waals surface area contributed by atoms with Crippen molar-refractivity contribution in [2.45, 2.75) is 161 Å². The quantitative estimate of drug-likeness (QED) is 0.0528. The molecule has 2 aromatic heterocycles. The summed E-state index contributed by atoms with van der Waals surface area (Å²) in [4.78, 5) is 49.0. The number of imidazole rings is 1. The Morgan fingerprint density at radius 3 is 2.06 bits per heavy atom. The molecule has 0 saturated carbocycles. The van der Waals surface area contributed by atoms with E-state index in [1.54, 1.807) is 13.3 Å². The number of benzene rings is 2. The average molecular weight is 927 g/mol. The third-order valence-corrected chi connectivity index (χ3v) is 22.9. The van der Waals surface area contributed by atoms with Gasteiger partial charge in [-0.1, -0.05) is 117 Å². The predicted molar refractivity (Wildman–Crippen MR) is 264 cm³/mol. The number of rotatable bonds is 19. The lowest BCUT2D eigenvalue weighted by Crippen LogP contribution is -2.58. The van der Waals surface area contributed by atoms with Crippen LogP contribution in [0.25, 0.3) is 22.3 Å². The van der Waals surface area contributed by atoms with E-state index in [0.717, 1.165) is 61.0 Å². The molecular formula is C49H74N8O6Si2. The van der Waals surface area contributed by atoms with Crippen molar-refractivity contribution in [2.75, 3.05) is 26.3 Å². The highest BCUT2D eigenvalue weighted by atomic mass is 28.4. The van der Waals surface area contributed by atoms with E-state index >= 15 is 0 Å². The molecule has 0 bridgehead atoms. The molecule has 0 unspecified atom stereocenters. The Labute approximate surface area is 389 Å². The summed E-state index contributed by atoms with van der Waals surface area (Å²) >= 11 is 0. The fourth-order valence-electron chi connectivity index (χ4n) is 7.81. The maximum atomic E-state index is 14.4. The lowest BCUT2D eigenvalue weighted by atomic mass is 9.98. The Morgan fingerprint density at radius 1 is 0.877 bits per heavy atom. The first-order chi connectivity index (χ1) is 30.7. The number of nitrogens with one attached hydrogen (secondary N) is 2. The lowest BCUT2D eigenvalue weighted by Gasteiger charge is -2.41. The van der Waals surface area contributed by atoms with Crippen LogP contribution in [0.5, 0.6) is 0 Å². The normalized spacial score (nSPS) is 19.6. The maximum absolute atomic E-state index is 14.4. The van der Waals surface area contributed by atoms with Crippen molar-refractivity contribution in [1.29, 1.82) is 0 Å². The van der Waals surface area contributed by atoms with Crippen LogP contribution in [0.15, 0.2) is 66.2 Å². The van der Waals surface area contributed by atoms with Crippen molar-refractivity contribution in [1.82, 2.24) is 35.1 Å². The van der Waals surface area contributed by atoms with Gasteiger partial charge in [0, 0.05) is 19.0 Å². The van der Waals surface area contributed by atoms with Crippen LogP contribution in [-0.2, 0) is 23.1 Å². The molecule has 1 fully saturated rings. The Bertz CT molecular complexity index is 2230. The molecule has 65 heavy (non-hydrogen) atoms. The van der Waals surface area contributed by atoms with Crippen LogP contribution in [0.1, 0.15) is 111 Å². The monoisotopic (exact) mass is 927 g/mol. The Hall–Kier alpha value is -4.49. The van der Waals surface area contributed by atoms with Crippen molar-refractivity contribution in [3.63, 3.8) is 0 Å². The summed E-state index contributed by atoms with van der Waals surface area (Å²) < 4.78 is 28.9. The van der Waals surface area contributed by atoms with Crippen LogP contribution in [0.2, 0.25) is 36.3 Å². The summed E-state index contributed by atoms with van der Waals surface area (Å²) in [6.45, 7) is 30.1. The highest BCUT2D eigenvalue weighted by molar-refractivity contribution is 6.74. The minimum atomic E-state index is -2.54. The average Bonchev–Trinajstić information content (AvgIpc) is 3.92. The number of aromatic nitrogens is 4. The number of amides is 2. The topological polar surface area (TPSA) is 154 Å². The van der Waals surface area contributed by atoms with Crippen LogP contribution < -0.4 is 10.6 Å². The summed E-state index contributed by atoms with van der Waals surface area (Å²) in [5.74, 6) is -0.0556. The smallest absolute Gasteiger partial charge is 0.407 e. The highest BCUT2D eigenvalue weighted by Crippen LogP contribution is 2.46. The predicted octanol–water partition coefficient (Wildman–Crippen LogP) is 10.1. The van der Waals surface area contributed by atoms with E-state index in [1.807, 2.05) is 35.2 Å². The van der Waals surface area contributed by atoms with E-state index in [-0.39, 0.29) is 29.2 Å². The van der Waals surface area contributed by atoms with Gasteiger partial charge in [-0.2, -0.15) is 0 Å². The van der Waals surface area contributed by atoms with Gasteiger partial charge in [-0.3, -0.25) is 9.36 Å². The van der Waals surface area contributed by atoms with Crippen molar-refractivity contribution >= 4 is 52.0 Å². The first-order valence-corrected chi connectivity index (χ1v) is 29.3. The molecule has 1 saturated heterocycles. The van der Waals surface area contributed by atoms with Crippen LogP contribution in [-0.4, -0.2) is 110 Å². The van der Waals surface area contributed by atoms with E-state index in [1.165, 1.54) is 6.33 Å². The minimum absolute atomic E-state index is 0.0701. The zero-order valence-electron chi connectivity index (χ0n) is 41.1. The number of unbranched alkanes of at least 4 members (excludes halogenated alkanes) is 2. The van der Waals surface area contributed by atoms with E-state index in [0.29, 0.717) is 17.0 Å². The van der Waals surface area contributed by atoms with E-state index in [4.69, 9.17) is 33.3 Å². The number of carbonyl (C=O) groups excluding carboxylic acids is 2. The number of aliphatic imine (C=N–C) groups is 1. The molecule has 16 heteroatoms. The molecule has 1 aliphatic heterocycles. The van der Waals surface area contributed by atoms with Crippen molar-refractivity contribution in [3.05, 3.63) is 72.3 Å². The molecule has 2 aromatic carbocycles. The Balaban J connectivity index is 1.28. The molecule has 0 spiro atoms. The minimum Gasteiger partial charge on any atom is -0.449 e. The first-order valence-electron chi connectivity index (χ1n) is 23.5. The van der Waals surface area contributed by atoms with Crippen molar-refractivity contribution in [3.8, 4) is 11.1 Å². The highest BCUT2D eigenvalue weighted by Gasteiger charge is 2.53. The molecule has 14 nitrogen and oxygen atoms in total. The maximum Gasteiger partial charge on any atom is 0.407 e. The number of alkyl carbamates (subject to hydrolysis) is 1. The summed E-state index contributed by atoms with van der Waals surface area (Å²) in [5, 5.41) is 5.83. The molecule has 4 aromatic rings. The summed E-state index contributed by atoms with van der Waals surface area (Å²) in [6, 6.07) is 14.8. The second-order valence-electron chi connectivity index (χ2n) is 20.7. The van der Waals surface area contributed by atoms with Crippen LogP contribution in [0.3, 0.4) is 0 Å². The van der Waals surface area contributed by atoms with E-state index in [9.17, 15) is 9.59 Å². The van der Waals surface area contributed by atoms with Crippen molar-refractivity contribution < 1.29 is 27.9 Å². The standard InChI is InChI=1S/C49H74N8O6Si2/c1-14-16-26-56(27-17-15-2)31-53-43-41-44(51-30-50-43)57(32-52-41)46-42(63-65(12,13)49(7,8)9)40(39(62-46)29-61-64(10,11)48(4,5)6)55-45(58)33(3)54-47(59)60-28-38-36-24-20-18-22-34(36)35-23-19-21-25-37(35)38/h18-25,30-33,38-40,42,46H,14-17,26-29H2,1-13H3,(H,54,59)(H,55,58)/b53-31-/t33-,39+,40+,42+,46+/m0/s1. The fourth-order valence-corrected chi connectivity index (χ4v) is 10.1. The molecule has 0 radical (unpaired) electrons. The van der Waals surface area contributed by atoms with E-state index < -0.39 is 59.2 Å². The molecule has 1 aliphatic carbocycles. The largest absolute Gasteiger partial charge is 0.449 e. The van der Waals surface area contributed by atoms with E-state index in [2.05, 4.69) is 126 Å². The molecule has 354 valence electrons. The first kappa shape index (κ1) is 49.9. The number of hydrogen-bond donors (Lipinski definition) is 2. The van der Waals surface area contributed by atoms with Crippen molar-refractivity contribution in [2.24, 2.45) is 4.99 Å². The van der Waals surface area contributed by atoms with Gasteiger partial charge in [-0.15, -0.1) is 0 Å². The van der Waals surface area contributed by atoms with Crippen LogP contribution in [0, 0.1) is 0 Å². The van der Waals surface area contributed by atoms with Crippen LogP contribution >= 0.6 is 0 Å². The second kappa shape index (κ2) is 20.6. The molecule has 5 atom stereocenters. The Morgan fingerprint density at radius 2 is 1.48 bits per heavy atom. The van der Waals surface area contributed by atoms with Gasteiger partial charge in [-0.25, -0.2) is 24.7 Å². The number of nitrogens with zero attached hydrogens (tertiary/aromatic N) is 6.